The Balaban J connectivity index is 2.87. The number of benzene rings is 1. The van der Waals surface area contributed by atoms with Crippen LogP contribution in [0.2, 0.25) is 0 Å². The summed E-state index contributed by atoms with van der Waals surface area (Å²) in [6.45, 7) is 4.57. The predicted molar refractivity (Wildman–Crippen MR) is 80.6 cm³/mol. The van der Waals surface area contributed by atoms with Crippen LogP contribution in [0.1, 0.15) is 20.8 Å². The fourth-order valence-electron chi connectivity index (χ4n) is 2.15. The SMILES string of the molecule is CCN(CC)C(C)CNS(=O)(=O)c1ccccc1OC(F)F. The Bertz CT molecular complexity index is 563. The lowest BCUT2D eigenvalue weighted by Crippen LogP contribution is -2.42. The van der Waals surface area contributed by atoms with Gasteiger partial charge in [-0.25, -0.2) is 13.1 Å². The smallest absolute Gasteiger partial charge is 0.387 e. The first kappa shape index (κ1) is 18.8. The van der Waals surface area contributed by atoms with Crippen molar-refractivity contribution in [3.63, 3.8) is 0 Å². The molecule has 5 nitrogen and oxygen atoms in total. The van der Waals surface area contributed by atoms with Crippen LogP contribution >= 0.6 is 0 Å². The van der Waals surface area contributed by atoms with Crippen LogP contribution in [0.25, 0.3) is 0 Å². The number of sulfonamides is 1. The molecule has 0 aromatic heterocycles. The topological polar surface area (TPSA) is 58.6 Å². The van der Waals surface area contributed by atoms with Crippen LogP contribution in [-0.4, -0.2) is 45.6 Å². The highest BCUT2D eigenvalue weighted by atomic mass is 32.2. The Morgan fingerprint density at radius 2 is 1.82 bits per heavy atom. The zero-order valence-electron chi connectivity index (χ0n) is 12.9. The van der Waals surface area contributed by atoms with Crippen molar-refractivity contribution < 1.29 is 21.9 Å². The first-order valence-corrected chi connectivity index (χ1v) is 8.57. The third kappa shape index (κ3) is 5.19. The summed E-state index contributed by atoms with van der Waals surface area (Å²) in [4.78, 5) is 1.80. The Kier molecular flexibility index (Phi) is 7.18. The summed E-state index contributed by atoms with van der Waals surface area (Å²) in [5.74, 6) is -0.361. The molecule has 0 saturated carbocycles. The van der Waals surface area contributed by atoms with Crippen LogP contribution in [0.3, 0.4) is 0 Å². The van der Waals surface area contributed by atoms with E-state index in [0.29, 0.717) is 0 Å². The van der Waals surface area contributed by atoms with Gasteiger partial charge in [-0.1, -0.05) is 26.0 Å². The van der Waals surface area contributed by atoms with E-state index in [-0.39, 0.29) is 23.2 Å². The molecule has 0 fully saturated rings. The summed E-state index contributed by atoms with van der Waals surface area (Å²) >= 11 is 0. The van der Waals surface area contributed by atoms with Gasteiger partial charge in [-0.2, -0.15) is 8.78 Å². The van der Waals surface area contributed by atoms with Crippen LogP contribution < -0.4 is 9.46 Å². The minimum Gasteiger partial charge on any atom is -0.433 e. The van der Waals surface area contributed by atoms with Crippen LogP contribution in [0.15, 0.2) is 29.2 Å². The fraction of sp³-hybridized carbons (Fsp3) is 0.571. The number of nitrogens with one attached hydrogen (secondary N) is 1. The van der Waals surface area contributed by atoms with Gasteiger partial charge in [0.05, 0.1) is 0 Å². The largest absolute Gasteiger partial charge is 0.433 e. The van der Waals surface area contributed by atoms with Gasteiger partial charge in [-0.05, 0) is 32.1 Å². The van der Waals surface area contributed by atoms with Crippen molar-refractivity contribution in [3.8, 4) is 5.75 Å². The van der Waals surface area contributed by atoms with E-state index in [4.69, 9.17) is 0 Å². The number of rotatable bonds is 9. The van der Waals surface area contributed by atoms with Gasteiger partial charge in [0, 0.05) is 12.6 Å². The molecule has 1 atom stereocenters. The number of halogens is 2. The van der Waals surface area contributed by atoms with Gasteiger partial charge in [0.2, 0.25) is 10.0 Å². The van der Waals surface area contributed by atoms with Gasteiger partial charge >= 0.3 is 6.61 Å². The molecule has 1 N–H and O–H groups in total. The van der Waals surface area contributed by atoms with Crippen molar-refractivity contribution in [3.05, 3.63) is 24.3 Å². The maximum atomic E-state index is 12.4. The number of ether oxygens (including phenoxy) is 1. The van der Waals surface area contributed by atoms with E-state index in [1.54, 1.807) is 0 Å². The molecular weight excluding hydrogens is 314 g/mol. The molecular formula is C14H22F2N2O3S. The highest BCUT2D eigenvalue weighted by Crippen LogP contribution is 2.24. The standard InChI is InChI=1S/C14H22F2N2O3S/c1-4-18(5-2)11(3)10-17-22(19,20)13-9-7-6-8-12(13)21-14(15)16/h6-9,11,14,17H,4-5,10H2,1-3H3. The quantitative estimate of drug-likeness (QED) is 0.752. The van der Waals surface area contributed by atoms with Gasteiger partial charge in [-0.3, -0.25) is 4.90 Å². The average Bonchev–Trinajstić information content (AvgIpc) is 2.46. The maximum absolute atomic E-state index is 12.4. The molecule has 1 aromatic rings. The number of hydrogen-bond acceptors (Lipinski definition) is 4. The van der Waals surface area contributed by atoms with E-state index in [0.717, 1.165) is 13.1 Å². The second-order valence-electron chi connectivity index (χ2n) is 4.75. The lowest BCUT2D eigenvalue weighted by Gasteiger charge is -2.26. The molecule has 0 aliphatic heterocycles. The van der Waals surface area contributed by atoms with Crippen molar-refractivity contribution in [2.45, 2.75) is 38.3 Å². The lowest BCUT2D eigenvalue weighted by atomic mass is 10.3. The molecule has 0 spiro atoms. The second-order valence-corrected chi connectivity index (χ2v) is 6.48. The molecule has 0 radical (unpaired) electrons. The fourth-order valence-corrected chi connectivity index (χ4v) is 3.40. The van der Waals surface area contributed by atoms with Gasteiger partial charge in [0.15, 0.2) is 0 Å². The van der Waals surface area contributed by atoms with Crippen LogP contribution in [0.5, 0.6) is 5.75 Å². The molecule has 0 aliphatic carbocycles. The van der Waals surface area contributed by atoms with Crippen molar-refractivity contribution >= 4 is 10.0 Å². The molecule has 0 amide bonds. The third-order valence-electron chi connectivity index (χ3n) is 3.36. The minimum atomic E-state index is -3.92. The van der Waals surface area contributed by atoms with Crippen LogP contribution in [-0.2, 0) is 10.0 Å². The van der Waals surface area contributed by atoms with Gasteiger partial charge < -0.3 is 4.74 Å². The Morgan fingerprint density at radius 3 is 2.36 bits per heavy atom. The van der Waals surface area contributed by atoms with Crippen molar-refractivity contribution in [1.29, 1.82) is 0 Å². The average molecular weight is 336 g/mol. The molecule has 1 unspecified atom stereocenters. The molecule has 0 saturated heterocycles. The molecule has 0 heterocycles. The lowest BCUT2D eigenvalue weighted by molar-refractivity contribution is -0.0517. The van der Waals surface area contributed by atoms with E-state index >= 15 is 0 Å². The predicted octanol–water partition coefficient (Wildman–Crippen LogP) is 2.30. The molecule has 8 heteroatoms. The van der Waals surface area contributed by atoms with E-state index in [1.165, 1.54) is 24.3 Å². The Hall–Kier alpha value is -1.25. The van der Waals surface area contributed by atoms with Crippen LogP contribution in [0, 0.1) is 0 Å². The first-order valence-electron chi connectivity index (χ1n) is 7.09. The molecule has 1 aromatic carbocycles. The summed E-state index contributed by atoms with van der Waals surface area (Å²) < 4.78 is 56.0. The Labute approximate surface area is 130 Å². The van der Waals surface area contributed by atoms with Gasteiger partial charge in [0.25, 0.3) is 0 Å². The van der Waals surface area contributed by atoms with E-state index in [9.17, 15) is 17.2 Å². The first-order chi connectivity index (χ1) is 10.3. The zero-order chi connectivity index (χ0) is 16.8. The second kappa shape index (κ2) is 8.40. The van der Waals surface area contributed by atoms with E-state index in [1.807, 2.05) is 20.8 Å². The number of likely N-dealkylation sites (N-methyl/N-ethyl adjacent to an activating group) is 1. The molecule has 0 bridgehead atoms. The normalized spacial score (nSPS) is 13.6. The summed E-state index contributed by atoms with van der Waals surface area (Å²) in [7, 11) is -3.92. The summed E-state index contributed by atoms with van der Waals surface area (Å²) in [6, 6.07) is 5.33. The minimum absolute atomic E-state index is 0.00652. The monoisotopic (exact) mass is 336 g/mol. The maximum Gasteiger partial charge on any atom is 0.387 e. The van der Waals surface area contributed by atoms with E-state index in [2.05, 4.69) is 14.4 Å². The van der Waals surface area contributed by atoms with E-state index < -0.39 is 16.6 Å². The number of para-hydroxylation sites is 1. The molecule has 0 aliphatic rings. The number of nitrogens with zero attached hydrogens (tertiary/aromatic N) is 1. The van der Waals surface area contributed by atoms with Gasteiger partial charge in [-0.15, -0.1) is 0 Å². The zero-order valence-corrected chi connectivity index (χ0v) is 13.7. The summed E-state index contributed by atoms with van der Waals surface area (Å²) in [6.07, 6.45) is 0. The molecule has 22 heavy (non-hydrogen) atoms. The molecule has 126 valence electrons. The number of hydrogen-bond donors (Lipinski definition) is 1. The van der Waals surface area contributed by atoms with Crippen molar-refractivity contribution in [2.75, 3.05) is 19.6 Å². The summed E-state index contributed by atoms with van der Waals surface area (Å²) in [5, 5.41) is 0. The third-order valence-corrected chi connectivity index (χ3v) is 4.82. The van der Waals surface area contributed by atoms with Crippen molar-refractivity contribution in [1.82, 2.24) is 9.62 Å². The molecule has 1 rings (SSSR count). The summed E-state index contributed by atoms with van der Waals surface area (Å²) in [5.41, 5.74) is 0. The van der Waals surface area contributed by atoms with Crippen LogP contribution in [0.4, 0.5) is 8.78 Å². The van der Waals surface area contributed by atoms with Gasteiger partial charge in [0.1, 0.15) is 10.6 Å². The highest BCUT2D eigenvalue weighted by molar-refractivity contribution is 7.89. The highest BCUT2D eigenvalue weighted by Gasteiger charge is 2.22. The van der Waals surface area contributed by atoms with Crippen molar-refractivity contribution in [2.24, 2.45) is 0 Å². The number of alkyl halides is 2. The Morgan fingerprint density at radius 1 is 1.23 bits per heavy atom.